The maximum atomic E-state index is 11.8. The molecule has 0 aromatic carbocycles. The number of aliphatic imine (C=N–C) groups is 1. The molecular formula is C9H15F3N2S2. The van der Waals surface area contributed by atoms with Crippen LogP contribution in [0.25, 0.3) is 0 Å². The molecule has 1 aliphatic heterocycles. The summed E-state index contributed by atoms with van der Waals surface area (Å²) in [6, 6.07) is 0. The molecule has 1 N–H and O–H groups in total. The molecule has 1 heterocycles. The standard InChI is InChI=1S/C9H15F3N2S2/c1-3-8(2)6-15-7(14-8)13-4-5-16-9(10,11)12/h3-6H2,1-2H3,(H,13,14). The number of amidine groups is 1. The Morgan fingerprint density at radius 3 is 2.75 bits per heavy atom. The third-order valence-corrected chi connectivity index (χ3v) is 4.33. The average Bonchev–Trinajstić information content (AvgIpc) is 2.55. The van der Waals surface area contributed by atoms with Crippen LogP contribution in [0.5, 0.6) is 0 Å². The summed E-state index contributed by atoms with van der Waals surface area (Å²) in [5.74, 6) is 0.910. The number of hydrogen-bond acceptors (Lipinski definition) is 3. The van der Waals surface area contributed by atoms with Crippen LogP contribution in [-0.2, 0) is 0 Å². The highest BCUT2D eigenvalue weighted by molar-refractivity contribution is 8.14. The minimum atomic E-state index is -4.14. The molecule has 1 atom stereocenters. The second kappa shape index (κ2) is 5.53. The van der Waals surface area contributed by atoms with Crippen molar-refractivity contribution < 1.29 is 13.2 Å². The van der Waals surface area contributed by atoms with E-state index in [9.17, 15) is 13.2 Å². The van der Waals surface area contributed by atoms with Crippen LogP contribution in [0.3, 0.4) is 0 Å². The van der Waals surface area contributed by atoms with Crippen molar-refractivity contribution in [1.82, 2.24) is 5.32 Å². The minimum Gasteiger partial charge on any atom is -0.359 e. The molecule has 1 fully saturated rings. The van der Waals surface area contributed by atoms with Crippen molar-refractivity contribution in [3.8, 4) is 0 Å². The van der Waals surface area contributed by atoms with Crippen molar-refractivity contribution >= 4 is 28.7 Å². The van der Waals surface area contributed by atoms with Crippen molar-refractivity contribution in [2.24, 2.45) is 4.99 Å². The number of nitrogens with zero attached hydrogens (tertiary/aromatic N) is 1. The van der Waals surface area contributed by atoms with Crippen molar-refractivity contribution in [1.29, 1.82) is 0 Å². The molecule has 0 aromatic rings. The van der Waals surface area contributed by atoms with E-state index in [1.807, 2.05) is 0 Å². The fourth-order valence-corrected chi connectivity index (χ4v) is 2.79. The molecule has 2 nitrogen and oxygen atoms in total. The van der Waals surface area contributed by atoms with Gasteiger partial charge in [-0.1, -0.05) is 18.7 Å². The van der Waals surface area contributed by atoms with E-state index < -0.39 is 5.51 Å². The largest absolute Gasteiger partial charge is 0.441 e. The van der Waals surface area contributed by atoms with Gasteiger partial charge >= 0.3 is 5.51 Å². The lowest BCUT2D eigenvalue weighted by molar-refractivity contribution is -0.0327. The van der Waals surface area contributed by atoms with E-state index in [0.29, 0.717) is 0 Å². The Labute approximate surface area is 102 Å². The molecule has 1 unspecified atom stereocenters. The molecule has 0 aromatic heterocycles. The van der Waals surface area contributed by atoms with Gasteiger partial charge in [-0.15, -0.1) is 0 Å². The summed E-state index contributed by atoms with van der Waals surface area (Å²) in [5.41, 5.74) is -4.10. The Balaban J connectivity index is 2.27. The summed E-state index contributed by atoms with van der Waals surface area (Å²) >= 11 is 1.56. The number of alkyl halides is 3. The van der Waals surface area contributed by atoms with Crippen LogP contribution in [0.4, 0.5) is 13.2 Å². The number of rotatable bonds is 4. The fraction of sp³-hybridized carbons (Fsp3) is 0.889. The van der Waals surface area contributed by atoms with Crippen LogP contribution in [0.2, 0.25) is 0 Å². The van der Waals surface area contributed by atoms with Crippen LogP contribution in [0, 0.1) is 0 Å². The van der Waals surface area contributed by atoms with Gasteiger partial charge in [-0.3, -0.25) is 4.99 Å². The third kappa shape index (κ3) is 4.86. The first kappa shape index (κ1) is 14.0. The van der Waals surface area contributed by atoms with Crippen molar-refractivity contribution in [3.63, 3.8) is 0 Å². The molecule has 0 spiro atoms. The highest BCUT2D eigenvalue weighted by atomic mass is 32.2. The predicted octanol–water partition coefficient (Wildman–Crippen LogP) is 3.10. The van der Waals surface area contributed by atoms with E-state index in [4.69, 9.17) is 0 Å². The Hall–Kier alpha value is -0.0400. The lowest BCUT2D eigenvalue weighted by atomic mass is 10.0. The van der Waals surface area contributed by atoms with Crippen LogP contribution in [0.15, 0.2) is 4.99 Å². The van der Waals surface area contributed by atoms with E-state index in [0.717, 1.165) is 17.3 Å². The normalized spacial score (nSPS) is 28.4. The first-order chi connectivity index (χ1) is 7.35. The maximum Gasteiger partial charge on any atom is 0.441 e. The molecule has 0 aliphatic carbocycles. The van der Waals surface area contributed by atoms with Gasteiger partial charge < -0.3 is 5.32 Å². The van der Waals surface area contributed by atoms with Gasteiger partial charge in [0, 0.05) is 17.0 Å². The van der Waals surface area contributed by atoms with E-state index in [1.54, 1.807) is 11.8 Å². The predicted molar refractivity (Wildman–Crippen MR) is 65.1 cm³/mol. The average molecular weight is 272 g/mol. The van der Waals surface area contributed by atoms with E-state index >= 15 is 0 Å². The first-order valence-corrected chi connectivity index (χ1v) is 6.98. The number of thioether (sulfide) groups is 2. The summed E-state index contributed by atoms with van der Waals surface area (Å²) in [7, 11) is 0. The monoisotopic (exact) mass is 272 g/mol. The summed E-state index contributed by atoms with van der Waals surface area (Å²) in [4.78, 5) is 4.12. The Kier molecular flexibility index (Phi) is 4.85. The number of hydrogen-bond donors (Lipinski definition) is 1. The molecule has 7 heteroatoms. The molecule has 0 bridgehead atoms. The lowest BCUT2D eigenvalue weighted by Crippen LogP contribution is -2.39. The van der Waals surface area contributed by atoms with Gasteiger partial charge in [0.2, 0.25) is 0 Å². The van der Waals surface area contributed by atoms with Gasteiger partial charge in [0.15, 0.2) is 5.17 Å². The molecule has 1 saturated heterocycles. The van der Waals surface area contributed by atoms with Crippen molar-refractivity contribution in [3.05, 3.63) is 0 Å². The SMILES string of the molecule is CCC1(C)CSC(=NCCSC(F)(F)F)N1. The topological polar surface area (TPSA) is 24.4 Å². The summed E-state index contributed by atoms with van der Waals surface area (Å²) in [6.45, 7) is 4.38. The molecule has 1 aliphatic rings. The van der Waals surface area contributed by atoms with E-state index in [-0.39, 0.29) is 29.6 Å². The molecule has 1 rings (SSSR count). The van der Waals surface area contributed by atoms with Crippen LogP contribution in [0.1, 0.15) is 20.3 Å². The first-order valence-electron chi connectivity index (χ1n) is 5.01. The zero-order chi connectivity index (χ0) is 12.2. The Morgan fingerprint density at radius 1 is 1.56 bits per heavy atom. The Bertz CT molecular complexity index is 268. The van der Waals surface area contributed by atoms with Crippen LogP contribution in [-0.4, -0.2) is 34.3 Å². The highest BCUT2D eigenvalue weighted by Crippen LogP contribution is 2.30. The zero-order valence-electron chi connectivity index (χ0n) is 9.23. The third-order valence-electron chi connectivity index (χ3n) is 2.33. The van der Waals surface area contributed by atoms with Crippen molar-refractivity contribution in [2.75, 3.05) is 18.1 Å². The van der Waals surface area contributed by atoms with Gasteiger partial charge in [-0.2, -0.15) is 13.2 Å². The minimum absolute atomic E-state index is 0.0158. The summed E-state index contributed by atoms with van der Waals surface area (Å²) in [6.07, 6.45) is 0.982. The number of nitrogens with one attached hydrogen (secondary N) is 1. The molecule has 16 heavy (non-hydrogen) atoms. The highest BCUT2D eigenvalue weighted by Gasteiger charge is 2.30. The summed E-state index contributed by atoms with van der Waals surface area (Å²) < 4.78 is 35.5. The van der Waals surface area contributed by atoms with Gasteiger partial charge in [0.25, 0.3) is 0 Å². The number of halogens is 3. The molecule has 0 amide bonds. The van der Waals surface area contributed by atoms with Crippen LogP contribution >= 0.6 is 23.5 Å². The van der Waals surface area contributed by atoms with Crippen molar-refractivity contribution in [2.45, 2.75) is 31.3 Å². The summed E-state index contributed by atoms with van der Waals surface area (Å²) in [5, 5.41) is 4.01. The quantitative estimate of drug-likeness (QED) is 0.796. The van der Waals surface area contributed by atoms with E-state index in [1.165, 1.54) is 0 Å². The molecule has 0 saturated carbocycles. The lowest BCUT2D eigenvalue weighted by Gasteiger charge is -2.20. The second-order valence-corrected chi connectivity index (χ2v) is 5.93. The fourth-order valence-electron chi connectivity index (χ4n) is 1.14. The van der Waals surface area contributed by atoms with Crippen LogP contribution < -0.4 is 5.32 Å². The molecule has 94 valence electrons. The van der Waals surface area contributed by atoms with Gasteiger partial charge in [-0.05, 0) is 25.1 Å². The Morgan fingerprint density at radius 2 is 2.25 bits per heavy atom. The molecule has 0 radical (unpaired) electrons. The maximum absolute atomic E-state index is 11.8. The van der Waals surface area contributed by atoms with Gasteiger partial charge in [0.05, 0.1) is 6.54 Å². The van der Waals surface area contributed by atoms with Gasteiger partial charge in [-0.25, -0.2) is 0 Å². The van der Waals surface area contributed by atoms with E-state index in [2.05, 4.69) is 24.2 Å². The molecular weight excluding hydrogens is 257 g/mol. The van der Waals surface area contributed by atoms with Gasteiger partial charge in [0.1, 0.15) is 0 Å². The smallest absolute Gasteiger partial charge is 0.359 e. The second-order valence-electron chi connectivity index (χ2n) is 3.81. The zero-order valence-corrected chi connectivity index (χ0v) is 10.9.